The number of ether oxygens (including phenoxy) is 1. The number of amides is 1. The molecule has 1 amide bonds. The second-order valence-electron chi connectivity index (χ2n) is 25.6. The molecule has 2 unspecified atom stereocenters. The van der Waals surface area contributed by atoms with Crippen molar-refractivity contribution >= 4 is 11.9 Å². The Balaban J connectivity index is 3.40. The normalized spacial score (nSPS) is 12.7. The molecule has 2 atom stereocenters. The Hall–Kier alpha value is -1.92. The fraction of sp³-hybridized carbons (Fsp3) is 0.895. The number of hydrogen-bond donors (Lipinski definition) is 3. The number of nitrogens with one attached hydrogen (secondary N) is 1. The Labute approximate surface area is 513 Å². The molecule has 484 valence electrons. The Morgan fingerprint density at radius 3 is 0.951 bits per heavy atom. The van der Waals surface area contributed by atoms with Gasteiger partial charge in [0.25, 0.3) is 0 Å². The number of allylic oxidation sites excluding steroid dienone is 5. The van der Waals surface area contributed by atoms with Crippen LogP contribution in [-0.4, -0.2) is 47.4 Å². The third-order valence-corrected chi connectivity index (χ3v) is 17.4. The number of hydrogen-bond acceptors (Lipinski definition) is 5. The molecule has 0 rings (SSSR count). The van der Waals surface area contributed by atoms with Crippen molar-refractivity contribution in [1.29, 1.82) is 0 Å². The van der Waals surface area contributed by atoms with Gasteiger partial charge in [-0.3, -0.25) is 9.59 Å². The molecule has 82 heavy (non-hydrogen) atoms. The molecule has 0 spiro atoms. The first-order valence-corrected chi connectivity index (χ1v) is 37.3. The maximum absolute atomic E-state index is 12.5. The van der Waals surface area contributed by atoms with Gasteiger partial charge in [0.1, 0.15) is 0 Å². The lowest BCUT2D eigenvalue weighted by Crippen LogP contribution is -2.45. The first kappa shape index (κ1) is 80.1. The monoisotopic (exact) mass is 1150 g/mol. The standard InChI is InChI=1S/C76H145NO5/c1-3-5-7-9-11-13-15-17-19-20-21-22-23-25-28-31-34-37-41-44-48-52-56-60-64-68-74(79)73(72-78)77-75(80)69-65-61-57-53-49-45-42-38-35-32-29-26-24-27-30-33-36-39-43-47-51-55-59-63-67-71-82-76(81)70-66-62-58-54-50-46-40-18-16-14-12-10-8-6-4-2/h12,14,18,40,64,68,73-74,78-79H,3-11,13,15-17,19-39,41-63,65-67,69-72H2,1-2H3,(H,77,80)/b14-12-,40-18-,68-64+. The third kappa shape index (κ3) is 67.2. The average Bonchev–Trinajstić information content (AvgIpc) is 3.48. The van der Waals surface area contributed by atoms with E-state index in [0.29, 0.717) is 19.4 Å². The number of unbranched alkanes of at least 4 members (excludes halogenated alkanes) is 55. The Kier molecular flexibility index (Phi) is 69.9. The Morgan fingerprint density at radius 2 is 0.610 bits per heavy atom. The van der Waals surface area contributed by atoms with Gasteiger partial charge in [-0.05, 0) is 64.2 Å². The van der Waals surface area contributed by atoms with Crippen molar-refractivity contribution in [1.82, 2.24) is 5.32 Å². The first-order valence-electron chi connectivity index (χ1n) is 37.3. The zero-order chi connectivity index (χ0) is 59.2. The van der Waals surface area contributed by atoms with Gasteiger partial charge in [-0.1, -0.05) is 371 Å². The summed E-state index contributed by atoms with van der Waals surface area (Å²) in [5.41, 5.74) is 0. The van der Waals surface area contributed by atoms with E-state index in [2.05, 4.69) is 43.5 Å². The van der Waals surface area contributed by atoms with Crippen LogP contribution in [-0.2, 0) is 14.3 Å². The van der Waals surface area contributed by atoms with Gasteiger partial charge < -0.3 is 20.3 Å². The van der Waals surface area contributed by atoms with E-state index in [0.717, 1.165) is 51.4 Å². The van der Waals surface area contributed by atoms with Crippen molar-refractivity contribution in [3.05, 3.63) is 36.5 Å². The molecule has 0 aliphatic carbocycles. The van der Waals surface area contributed by atoms with E-state index in [1.54, 1.807) is 6.08 Å². The maximum atomic E-state index is 12.5. The molecule has 6 heteroatoms. The van der Waals surface area contributed by atoms with Gasteiger partial charge in [-0.15, -0.1) is 0 Å². The first-order chi connectivity index (χ1) is 40.5. The zero-order valence-corrected chi connectivity index (χ0v) is 55.5. The zero-order valence-electron chi connectivity index (χ0n) is 55.5. The molecule has 0 saturated carbocycles. The van der Waals surface area contributed by atoms with E-state index in [9.17, 15) is 19.8 Å². The van der Waals surface area contributed by atoms with E-state index in [-0.39, 0.29) is 18.5 Å². The van der Waals surface area contributed by atoms with Gasteiger partial charge in [0.05, 0.1) is 25.4 Å². The highest BCUT2D eigenvalue weighted by Gasteiger charge is 2.18. The molecular weight excluding hydrogens is 1010 g/mol. The molecule has 0 aromatic heterocycles. The second kappa shape index (κ2) is 71.6. The van der Waals surface area contributed by atoms with Gasteiger partial charge in [-0.2, -0.15) is 0 Å². The quantitative estimate of drug-likeness (QED) is 0.0320. The van der Waals surface area contributed by atoms with Crippen molar-refractivity contribution in [3.8, 4) is 0 Å². The fourth-order valence-corrected chi connectivity index (χ4v) is 11.7. The second-order valence-corrected chi connectivity index (χ2v) is 25.6. The molecule has 0 aliphatic heterocycles. The molecule has 0 aromatic rings. The average molecular weight is 1150 g/mol. The van der Waals surface area contributed by atoms with Crippen molar-refractivity contribution in [3.63, 3.8) is 0 Å². The summed E-state index contributed by atoms with van der Waals surface area (Å²) in [5.74, 6) is -0.0592. The summed E-state index contributed by atoms with van der Waals surface area (Å²) in [5, 5.41) is 23.3. The van der Waals surface area contributed by atoms with Gasteiger partial charge in [-0.25, -0.2) is 0 Å². The number of aliphatic hydroxyl groups is 2. The van der Waals surface area contributed by atoms with Crippen LogP contribution in [0.3, 0.4) is 0 Å². The molecule has 0 fully saturated rings. The lowest BCUT2D eigenvalue weighted by Gasteiger charge is -2.20. The number of rotatable bonds is 70. The molecule has 6 nitrogen and oxygen atoms in total. The Morgan fingerprint density at radius 1 is 0.341 bits per heavy atom. The number of esters is 1. The highest BCUT2D eigenvalue weighted by atomic mass is 16.5. The van der Waals surface area contributed by atoms with Crippen LogP contribution in [0.4, 0.5) is 0 Å². The van der Waals surface area contributed by atoms with Gasteiger partial charge in [0.2, 0.25) is 5.91 Å². The van der Waals surface area contributed by atoms with Crippen LogP contribution >= 0.6 is 0 Å². The molecule has 0 aliphatic rings. The van der Waals surface area contributed by atoms with Gasteiger partial charge >= 0.3 is 5.97 Å². The summed E-state index contributed by atoms with van der Waals surface area (Å²) in [6.45, 7) is 4.91. The topological polar surface area (TPSA) is 95.9 Å². The van der Waals surface area contributed by atoms with E-state index >= 15 is 0 Å². The lowest BCUT2D eigenvalue weighted by molar-refractivity contribution is -0.143. The number of aliphatic hydroxyl groups excluding tert-OH is 2. The van der Waals surface area contributed by atoms with Crippen LogP contribution in [0.1, 0.15) is 412 Å². The summed E-state index contributed by atoms with van der Waals surface area (Å²) in [7, 11) is 0. The maximum Gasteiger partial charge on any atom is 0.305 e. The van der Waals surface area contributed by atoms with Crippen LogP contribution < -0.4 is 5.32 Å². The number of carbonyl (C=O) groups excluding carboxylic acids is 2. The summed E-state index contributed by atoms with van der Waals surface area (Å²) in [6, 6.07) is -0.629. The van der Waals surface area contributed by atoms with Gasteiger partial charge in [0.15, 0.2) is 0 Å². The lowest BCUT2D eigenvalue weighted by atomic mass is 10.0. The summed E-state index contributed by atoms with van der Waals surface area (Å²) >= 11 is 0. The summed E-state index contributed by atoms with van der Waals surface area (Å²) < 4.78 is 5.49. The van der Waals surface area contributed by atoms with E-state index in [4.69, 9.17) is 4.74 Å². The van der Waals surface area contributed by atoms with Crippen LogP contribution in [0, 0.1) is 0 Å². The van der Waals surface area contributed by atoms with Crippen LogP contribution in [0.15, 0.2) is 36.5 Å². The molecular formula is C76H145NO5. The van der Waals surface area contributed by atoms with Crippen molar-refractivity contribution < 1.29 is 24.5 Å². The van der Waals surface area contributed by atoms with Crippen LogP contribution in [0.5, 0.6) is 0 Å². The minimum atomic E-state index is -0.845. The minimum Gasteiger partial charge on any atom is -0.466 e. The molecule has 0 heterocycles. The predicted molar refractivity (Wildman–Crippen MR) is 361 cm³/mol. The Bertz CT molecular complexity index is 1330. The highest BCUT2D eigenvalue weighted by molar-refractivity contribution is 5.76. The molecule has 0 radical (unpaired) electrons. The van der Waals surface area contributed by atoms with Crippen molar-refractivity contribution in [2.75, 3.05) is 13.2 Å². The summed E-state index contributed by atoms with van der Waals surface area (Å²) in [4.78, 5) is 24.6. The molecule has 0 bridgehead atoms. The molecule has 3 N–H and O–H groups in total. The highest BCUT2D eigenvalue weighted by Crippen LogP contribution is 2.19. The van der Waals surface area contributed by atoms with Crippen molar-refractivity contribution in [2.24, 2.45) is 0 Å². The smallest absolute Gasteiger partial charge is 0.305 e. The van der Waals surface area contributed by atoms with Gasteiger partial charge in [0, 0.05) is 12.8 Å². The SMILES string of the molecule is CCCCC/C=C\C/C=C\CCCCCCCC(=O)OCCCCCCCCCCCCCCCCCCCCCCCCCCCC(=O)NC(CO)C(O)/C=C/CCCCCCCCCCCCCCCCCCCCCCCCC. The van der Waals surface area contributed by atoms with Crippen LogP contribution in [0.2, 0.25) is 0 Å². The van der Waals surface area contributed by atoms with E-state index in [1.165, 1.54) is 334 Å². The third-order valence-electron chi connectivity index (χ3n) is 17.4. The summed E-state index contributed by atoms with van der Waals surface area (Å²) in [6.07, 6.45) is 92.4. The largest absolute Gasteiger partial charge is 0.466 e. The molecule has 0 saturated heterocycles. The van der Waals surface area contributed by atoms with E-state index in [1.807, 2.05) is 6.08 Å². The minimum absolute atomic E-state index is 0.00262. The predicted octanol–water partition coefficient (Wildman–Crippen LogP) is 24.3. The van der Waals surface area contributed by atoms with Crippen molar-refractivity contribution in [2.45, 2.75) is 424 Å². The van der Waals surface area contributed by atoms with Crippen LogP contribution in [0.25, 0.3) is 0 Å². The number of carbonyl (C=O) groups is 2. The molecule has 0 aromatic carbocycles. The fourth-order valence-electron chi connectivity index (χ4n) is 11.7. The van der Waals surface area contributed by atoms with E-state index < -0.39 is 12.1 Å².